The Labute approximate surface area is 169 Å². The van der Waals surface area contributed by atoms with Crippen LogP contribution in [0.3, 0.4) is 0 Å². The molecule has 1 N–H and O–H groups in total. The maximum Gasteiger partial charge on any atom is 0.338 e. The number of halogens is 1. The molecular formula is C21H24ClNO5. The molecule has 0 heterocycles. The Kier molecular flexibility index (Phi) is 8.29. The molecule has 150 valence electrons. The molecule has 0 atom stereocenters. The lowest BCUT2D eigenvalue weighted by atomic mass is 10.1. The number of hydrogen-bond acceptors (Lipinski definition) is 5. The van der Waals surface area contributed by atoms with E-state index in [4.69, 9.17) is 25.8 Å². The summed E-state index contributed by atoms with van der Waals surface area (Å²) in [6, 6.07) is 10.1. The van der Waals surface area contributed by atoms with Crippen molar-refractivity contribution in [3.05, 3.63) is 58.1 Å². The predicted octanol–water partition coefficient (Wildman–Crippen LogP) is 4.17. The van der Waals surface area contributed by atoms with Gasteiger partial charge in [0, 0.05) is 17.3 Å². The fraction of sp³-hybridized carbons (Fsp3) is 0.333. The highest BCUT2D eigenvalue weighted by Gasteiger charge is 2.10. The first-order chi connectivity index (χ1) is 13.4. The fourth-order valence-corrected chi connectivity index (χ4v) is 2.59. The number of anilines is 1. The minimum Gasteiger partial charge on any atom is -0.484 e. The number of nitrogens with one attached hydrogen (secondary N) is 1. The number of rotatable bonds is 9. The highest BCUT2D eigenvalue weighted by molar-refractivity contribution is 6.32. The number of aryl methyl sites for hydroxylation is 2. The van der Waals surface area contributed by atoms with Crippen molar-refractivity contribution in [2.24, 2.45) is 0 Å². The zero-order valence-electron chi connectivity index (χ0n) is 16.2. The lowest BCUT2D eigenvalue weighted by molar-refractivity contribution is -0.118. The first-order valence-electron chi connectivity index (χ1n) is 8.95. The van der Waals surface area contributed by atoms with Crippen LogP contribution in [-0.4, -0.2) is 38.3 Å². The Bertz CT molecular complexity index is 814. The smallest absolute Gasteiger partial charge is 0.338 e. The van der Waals surface area contributed by atoms with Crippen molar-refractivity contribution < 1.29 is 23.8 Å². The van der Waals surface area contributed by atoms with Gasteiger partial charge in [0.15, 0.2) is 6.61 Å². The molecule has 28 heavy (non-hydrogen) atoms. The molecule has 0 saturated heterocycles. The van der Waals surface area contributed by atoms with Gasteiger partial charge in [-0.1, -0.05) is 17.7 Å². The van der Waals surface area contributed by atoms with Gasteiger partial charge in [0.2, 0.25) is 0 Å². The molecule has 2 aromatic rings. The van der Waals surface area contributed by atoms with E-state index in [-0.39, 0.29) is 19.1 Å². The zero-order valence-corrected chi connectivity index (χ0v) is 17.0. The molecule has 0 aromatic heterocycles. The molecule has 0 aliphatic carbocycles. The molecule has 0 aliphatic rings. The van der Waals surface area contributed by atoms with Crippen LogP contribution in [-0.2, 0) is 14.3 Å². The van der Waals surface area contributed by atoms with Crippen LogP contribution in [0.1, 0.15) is 28.4 Å². The summed E-state index contributed by atoms with van der Waals surface area (Å²) in [5, 5.41) is 3.38. The normalized spacial score (nSPS) is 10.4. The average Bonchev–Trinajstić information content (AvgIpc) is 2.67. The van der Waals surface area contributed by atoms with E-state index in [0.29, 0.717) is 35.2 Å². The first-order valence-corrected chi connectivity index (χ1v) is 9.32. The summed E-state index contributed by atoms with van der Waals surface area (Å²) in [6.07, 6.45) is 0. The summed E-state index contributed by atoms with van der Waals surface area (Å²) < 4.78 is 15.8. The van der Waals surface area contributed by atoms with Gasteiger partial charge in [-0.2, -0.15) is 0 Å². The number of carbonyl (C=O) groups is 2. The van der Waals surface area contributed by atoms with Crippen LogP contribution in [0, 0.1) is 13.8 Å². The van der Waals surface area contributed by atoms with E-state index < -0.39 is 5.97 Å². The molecule has 0 aliphatic heterocycles. The SMILES string of the molecule is CCOCCOC(=O)c1cccc(NC(=O)COc2cc(C)c(Cl)c(C)c2)c1. The van der Waals surface area contributed by atoms with Gasteiger partial charge in [-0.15, -0.1) is 0 Å². The van der Waals surface area contributed by atoms with Crippen molar-refractivity contribution in [3.8, 4) is 5.75 Å². The van der Waals surface area contributed by atoms with E-state index in [9.17, 15) is 9.59 Å². The first kappa shape index (κ1) is 21.7. The Balaban J connectivity index is 1.89. The van der Waals surface area contributed by atoms with Gasteiger partial charge >= 0.3 is 5.97 Å². The second-order valence-electron chi connectivity index (χ2n) is 6.12. The van der Waals surface area contributed by atoms with Crippen molar-refractivity contribution in [3.63, 3.8) is 0 Å². The number of ether oxygens (including phenoxy) is 3. The molecule has 2 rings (SSSR count). The van der Waals surface area contributed by atoms with Gasteiger partial charge in [-0.25, -0.2) is 4.79 Å². The average molecular weight is 406 g/mol. The summed E-state index contributed by atoms with van der Waals surface area (Å²) in [5.41, 5.74) is 2.59. The van der Waals surface area contributed by atoms with Crippen molar-refractivity contribution in [2.75, 3.05) is 31.7 Å². The summed E-state index contributed by atoms with van der Waals surface area (Å²) in [4.78, 5) is 24.2. The summed E-state index contributed by atoms with van der Waals surface area (Å²) in [5.74, 6) is -0.243. The lowest BCUT2D eigenvalue weighted by Gasteiger charge is -2.11. The maximum atomic E-state index is 12.2. The minimum absolute atomic E-state index is 0.163. The summed E-state index contributed by atoms with van der Waals surface area (Å²) in [6.45, 7) is 6.55. The summed E-state index contributed by atoms with van der Waals surface area (Å²) in [7, 11) is 0. The van der Waals surface area contributed by atoms with Gasteiger partial charge in [-0.05, 0) is 62.2 Å². The highest BCUT2D eigenvalue weighted by atomic mass is 35.5. The van der Waals surface area contributed by atoms with Crippen molar-refractivity contribution in [2.45, 2.75) is 20.8 Å². The highest BCUT2D eigenvalue weighted by Crippen LogP contribution is 2.25. The van der Waals surface area contributed by atoms with Crippen LogP contribution >= 0.6 is 11.6 Å². The summed E-state index contributed by atoms with van der Waals surface area (Å²) >= 11 is 6.13. The van der Waals surface area contributed by atoms with Gasteiger partial charge < -0.3 is 19.5 Å². The molecule has 0 bridgehead atoms. The monoisotopic (exact) mass is 405 g/mol. The number of carbonyl (C=O) groups excluding carboxylic acids is 2. The van der Waals surface area contributed by atoms with E-state index >= 15 is 0 Å². The molecule has 7 heteroatoms. The van der Waals surface area contributed by atoms with E-state index in [1.165, 1.54) is 0 Å². The van der Waals surface area contributed by atoms with Gasteiger partial charge in [-0.3, -0.25) is 4.79 Å². The zero-order chi connectivity index (χ0) is 20.5. The van der Waals surface area contributed by atoms with Crippen molar-refractivity contribution >= 4 is 29.2 Å². The third kappa shape index (κ3) is 6.55. The van der Waals surface area contributed by atoms with E-state index in [0.717, 1.165) is 11.1 Å². The largest absolute Gasteiger partial charge is 0.484 e. The van der Waals surface area contributed by atoms with Gasteiger partial charge in [0.1, 0.15) is 12.4 Å². The number of amides is 1. The molecule has 0 saturated carbocycles. The van der Waals surface area contributed by atoms with Crippen LogP contribution in [0.5, 0.6) is 5.75 Å². The molecule has 1 amide bonds. The van der Waals surface area contributed by atoms with Crippen LogP contribution < -0.4 is 10.1 Å². The molecule has 6 nitrogen and oxygen atoms in total. The molecule has 2 aromatic carbocycles. The molecule has 0 unspecified atom stereocenters. The Morgan fingerprint density at radius 1 is 1.07 bits per heavy atom. The van der Waals surface area contributed by atoms with Crippen molar-refractivity contribution in [1.82, 2.24) is 0 Å². The molecule has 0 fully saturated rings. The topological polar surface area (TPSA) is 73.9 Å². The second-order valence-corrected chi connectivity index (χ2v) is 6.50. The number of hydrogen-bond donors (Lipinski definition) is 1. The van der Waals surface area contributed by atoms with Crippen LogP contribution in [0.15, 0.2) is 36.4 Å². The van der Waals surface area contributed by atoms with E-state index in [2.05, 4.69) is 5.32 Å². The Hall–Kier alpha value is -2.57. The van der Waals surface area contributed by atoms with Crippen LogP contribution in [0.4, 0.5) is 5.69 Å². The standard InChI is InChI=1S/C21H24ClNO5/c1-4-26-8-9-27-21(25)16-6-5-7-17(12-16)23-19(24)13-28-18-10-14(2)20(22)15(3)11-18/h5-7,10-12H,4,8-9,13H2,1-3H3,(H,23,24). The van der Waals surface area contributed by atoms with Crippen molar-refractivity contribution in [1.29, 1.82) is 0 Å². The Morgan fingerprint density at radius 2 is 1.79 bits per heavy atom. The molecule has 0 spiro atoms. The van der Waals surface area contributed by atoms with Crippen LogP contribution in [0.2, 0.25) is 5.02 Å². The minimum atomic E-state index is -0.473. The van der Waals surface area contributed by atoms with Gasteiger partial charge in [0.05, 0.1) is 12.2 Å². The van der Waals surface area contributed by atoms with Gasteiger partial charge in [0.25, 0.3) is 5.91 Å². The lowest BCUT2D eigenvalue weighted by Crippen LogP contribution is -2.20. The second kappa shape index (κ2) is 10.7. The molecular weight excluding hydrogens is 382 g/mol. The third-order valence-corrected chi connectivity index (χ3v) is 4.42. The predicted molar refractivity (Wildman–Crippen MR) is 108 cm³/mol. The third-order valence-electron chi connectivity index (χ3n) is 3.83. The fourth-order valence-electron chi connectivity index (χ4n) is 2.48. The maximum absolute atomic E-state index is 12.2. The number of esters is 1. The Morgan fingerprint density at radius 3 is 2.46 bits per heavy atom. The number of benzene rings is 2. The molecule has 0 radical (unpaired) electrons. The van der Waals surface area contributed by atoms with Crippen LogP contribution in [0.25, 0.3) is 0 Å². The quantitative estimate of drug-likeness (QED) is 0.500. The van der Waals surface area contributed by atoms with E-state index in [1.807, 2.05) is 20.8 Å². The van der Waals surface area contributed by atoms with E-state index in [1.54, 1.807) is 36.4 Å².